The number of nitrogens with zero attached hydrogens (tertiary/aromatic N) is 2. The van der Waals surface area contributed by atoms with Crippen molar-refractivity contribution in [2.45, 2.75) is 25.3 Å². The molecule has 0 aromatic carbocycles. The summed E-state index contributed by atoms with van der Waals surface area (Å²) in [5.41, 5.74) is 1.39. The largest absolute Gasteiger partial charge is 0.334 e. The predicted molar refractivity (Wildman–Crippen MR) is 70.5 cm³/mol. The van der Waals surface area contributed by atoms with Gasteiger partial charge in [-0.2, -0.15) is 0 Å². The minimum atomic E-state index is 0.654. The van der Waals surface area contributed by atoms with Crippen molar-refractivity contribution in [2.24, 2.45) is 0 Å². The van der Waals surface area contributed by atoms with Crippen LogP contribution in [0, 0.1) is 0 Å². The zero-order valence-electron chi connectivity index (χ0n) is 9.80. The van der Waals surface area contributed by atoms with E-state index in [4.69, 9.17) is 0 Å². The van der Waals surface area contributed by atoms with Crippen LogP contribution in [-0.4, -0.2) is 22.6 Å². The van der Waals surface area contributed by atoms with Crippen LogP contribution in [0.4, 0.5) is 0 Å². The number of imidazole rings is 1. The van der Waals surface area contributed by atoms with Crippen molar-refractivity contribution in [3.8, 4) is 0 Å². The van der Waals surface area contributed by atoms with E-state index in [-0.39, 0.29) is 0 Å². The zero-order valence-corrected chi connectivity index (χ0v) is 10.6. The Hall–Kier alpha value is -1.13. The molecule has 1 atom stereocenters. The molecule has 1 aliphatic rings. The maximum Gasteiger partial charge on any atom is 0.0948 e. The number of nitrogens with one attached hydrogen (secondary N) is 1. The molecular weight excluding hydrogens is 230 g/mol. The lowest BCUT2D eigenvalue weighted by Gasteiger charge is -2.12. The summed E-state index contributed by atoms with van der Waals surface area (Å²) >= 11 is 1.84. The van der Waals surface area contributed by atoms with E-state index in [1.807, 2.05) is 23.9 Å². The molecule has 0 aliphatic carbocycles. The van der Waals surface area contributed by atoms with Gasteiger partial charge in [0.2, 0.25) is 0 Å². The maximum atomic E-state index is 4.31. The van der Waals surface area contributed by atoms with E-state index in [0.29, 0.717) is 5.92 Å². The number of hydrogen-bond donors (Lipinski definition) is 1. The second-order valence-electron chi connectivity index (χ2n) is 4.53. The molecule has 3 heterocycles. The fourth-order valence-electron chi connectivity index (χ4n) is 2.45. The van der Waals surface area contributed by atoms with E-state index < -0.39 is 0 Å². The van der Waals surface area contributed by atoms with Crippen molar-refractivity contribution < 1.29 is 0 Å². The highest BCUT2D eigenvalue weighted by atomic mass is 32.1. The van der Waals surface area contributed by atoms with Crippen molar-refractivity contribution in [2.75, 3.05) is 13.1 Å². The topological polar surface area (TPSA) is 29.9 Å². The van der Waals surface area contributed by atoms with Crippen molar-refractivity contribution in [3.05, 3.63) is 40.6 Å². The fourth-order valence-corrected chi connectivity index (χ4v) is 3.15. The first-order chi connectivity index (χ1) is 8.43. The first-order valence-corrected chi connectivity index (χ1v) is 7.04. The van der Waals surface area contributed by atoms with Gasteiger partial charge in [-0.15, -0.1) is 11.3 Å². The summed E-state index contributed by atoms with van der Waals surface area (Å²) in [6.07, 6.45) is 6.36. The van der Waals surface area contributed by atoms with E-state index in [1.165, 1.54) is 17.0 Å². The number of hydrogen-bond acceptors (Lipinski definition) is 3. The molecular formula is C13H17N3S. The van der Waals surface area contributed by atoms with Crippen LogP contribution in [-0.2, 0) is 13.0 Å². The van der Waals surface area contributed by atoms with Crippen LogP contribution in [0.15, 0.2) is 30.0 Å². The molecule has 1 aliphatic heterocycles. The number of rotatable bonds is 4. The van der Waals surface area contributed by atoms with Crippen molar-refractivity contribution in [1.29, 1.82) is 0 Å². The van der Waals surface area contributed by atoms with Gasteiger partial charge in [0.1, 0.15) is 0 Å². The highest BCUT2D eigenvalue weighted by molar-refractivity contribution is 7.09. The fraction of sp³-hybridized carbons (Fsp3) is 0.462. The molecule has 2 aromatic heterocycles. The molecule has 2 aromatic rings. The van der Waals surface area contributed by atoms with Gasteiger partial charge in [-0.05, 0) is 30.8 Å². The first kappa shape index (κ1) is 11.0. The summed E-state index contributed by atoms with van der Waals surface area (Å²) in [5, 5.41) is 5.56. The molecule has 3 rings (SSSR count). The third-order valence-electron chi connectivity index (χ3n) is 3.40. The van der Waals surface area contributed by atoms with Crippen LogP contribution in [0.2, 0.25) is 0 Å². The van der Waals surface area contributed by atoms with Crippen LogP contribution in [0.5, 0.6) is 0 Å². The van der Waals surface area contributed by atoms with E-state index in [2.05, 4.69) is 32.4 Å². The average Bonchev–Trinajstić information content (AvgIpc) is 3.09. The van der Waals surface area contributed by atoms with E-state index >= 15 is 0 Å². The second-order valence-corrected chi connectivity index (χ2v) is 5.56. The molecule has 1 unspecified atom stereocenters. The lowest BCUT2D eigenvalue weighted by molar-refractivity contribution is 0.615. The van der Waals surface area contributed by atoms with Crippen LogP contribution in [0.1, 0.15) is 22.9 Å². The Balaban J connectivity index is 1.68. The van der Waals surface area contributed by atoms with Crippen LogP contribution in [0.25, 0.3) is 0 Å². The Morgan fingerprint density at radius 2 is 2.53 bits per heavy atom. The highest BCUT2D eigenvalue weighted by Crippen LogP contribution is 2.22. The van der Waals surface area contributed by atoms with Gasteiger partial charge >= 0.3 is 0 Å². The standard InChI is InChI=1S/C13H17N3S/c1-2-12(17-7-1)4-6-16-10-15-9-13(16)11-3-5-14-8-11/h1-2,7,9-11,14H,3-6,8H2. The van der Waals surface area contributed by atoms with Crippen LogP contribution < -0.4 is 5.32 Å². The SMILES string of the molecule is c1csc(CCn2cncc2C2CCNC2)c1. The Bertz CT molecular complexity index is 455. The molecule has 17 heavy (non-hydrogen) atoms. The lowest BCUT2D eigenvalue weighted by atomic mass is 10.1. The average molecular weight is 247 g/mol. The molecule has 0 bridgehead atoms. The molecule has 90 valence electrons. The quantitative estimate of drug-likeness (QED) is 0.898. The Morgan fingerprint density at radius 3 is 3.29 bits per heavy atom. The predicted octanol–water partition coefficient (Wildman–Crippen LogP) is 2.26. The van der Waals surface area contributed by atoms with Crippen molar-refractivity contribution >= 4 is 11.3 Å². The van der Waals surface area contributed by atoms with Crippen molar-refractivity contribution in [3.63, 3.8) is 0 Å². The summed E-state index contributed by atoms with van der Waals surface area (Å²) in [6.45, 7) is 3.29. The molecule has 1 N–H and O–H groups in total. The molecule has 4 heteroatoms. The van der Waals surface area contributed by atoms with Gasteiger partial charge in [-0.1, -0.05) is 6.07 Å². The normalized spacial score (nSPS) is 19.9. The highest BCUT2D eigenvalue weighted by Gasteiger charge is 2.19. The monoisotopic (exact) mass is 247 g/mol. The maximum absolute atomic E-state index is 4.31. The molecule has 0 spiro atoms. The first-order valence-electron chi connectivity index (χ1n) is 6.16. The summed E-state index contributed by atoms with van der Waals surface area (Å²) in [6, 6.07) is 4.33. The van der Waals surface area contributed by atoms with Gasteiger partial charge in [0.05, 0.1) is 6.33 Å². The molecule has 0 amide bonds. The summed E-state index contributed by atoms with van der Waals surface area (Å²) in [7, 11) is 0. The van der Waals surface area contributed by atoms with Gasteiger partial charge < -0.3 is 9.88 Å². The van der Waals surface area contributed by atoms with E-state index in [1.54, 1.807) is 0 Å². The number of thiophene rings is 1. The third kappa shape index (κ3) is 2.42. The van der Waals surface area contributed by atoms with E-state index in [0.717, 1.165) is 26.1 Å². The van der Waals surface area contributed by atoms with Gasteiger partial charge in [-0.25, -0.2) is 4.98 Å². The van der Waals surface area contributed by atoms with Crippen molar-refractivity contribution in [1.82, 2.24) is 14.9 Å². The van der Waals surface area contributed by atoms with Gasteiger partial charge in [-0.3, -0.25) is 0 Å². The summed E-state index contributed by atoms with van der Waals surface area (Å²) < 4.78 is 2.32. The number of aromatic nitrogens is 2. The van der Waals surface area contributed by atoms with Crippen LogP contribution >= 0.6 is 11.3 Å². The third-order valence-corrected chi connectivity index (χ3v) is 4.34. The van der Waals surface area contributed by atoms with Gasteiger partial charge in [0.15, 0.2) is 0 Å². The smallest absolute Gasteiger partial charge is 0.0948 e. The molecule has 3 nitrogen and oxygen atoms in total. The Labute approximate surface area is 106 Å². The zero-order chi connectivity index (χ0) is 11.5. The van der Waals surface area contributed by atoms with Gasteiger partial charge in [0.25, 0.3) is 0 Å². The number of aryl methyl sites for hydroxylation is 2. The lowest BCUT2D eigenvalue weighted by Crippen LogP contribution is -2.12. The molecule has 1 saturated heterocycles. The molecule has 0 saturated carbocycles. The van der Waals surface area contributed by atoms with Gasteiger partial charge in [0, 0.05) is 35.8 Å². The molecule has 0 radical (unpaired) electrons. The summed E-state index contributed by atoms with van der Waals surface area (Å²) in [4.78, 5) is 5.76. The van der Waals surface area contributed by atoms with Crippen LogP contribution in [0.3, 0.4) is 0 Å². The van der Waals surface area contributed by atoms with E-state index in [9.17, 15) is 0 Å². The Kier molecular flexibility index (Phi) is 3.25. The minimum absolute atomic E-state index is 0.654. The second kappa shape index (κ2) is 5.02. The summed E-state index contributed by atoms with van der Waals surface area (Å²) in [5.74, 6) is 0.654. The minimum Gasteiger partial charge on any atom is -0.334 e. The Morgan fingerprint density at radius 1 is 1.53 bits per heavy atom. The molecule has 1 fully saturated rings.